The fourth-order valence-electron chi connectivity index (χ4n) is 1.17. The van der Waals surface area contributed by atoms with Crippen molar-refractivity contribution in [3.05, 3.63) is 30.1 Å². The van der Waals surface area contributed by atoms with Gasteiger partial charge in [0.15, 0.2) is 0 Å². The Morgan fingerprint density at radius 1 is 1.25 bits per heavy atom. The lowest BCUT2D eigenvalue weighted by Crippen LogP contribution is -2.51. The normalized spacial score (nSPS) is 17.1. The Morgan fingerprint density at radius 2 is 1.92 bits per heavy atom. The number of halogens is 1. The Kier molecular flexibility index (Phi) is 1.96. The van der Waals surface area contributed by atoms with Gasteiger partial charge in [-0.2, -0.15) is 0 Å². The van der Waals surface area contributed by atoms with Crippen LogP contribution in [0.1, 0.15) is 0 Å². The fourth-order valence-corrected chi connectivity index (χ4v) is 1.17. The summed E-state index contributed by atoms with van der Waals surface area (Å²) in [6.45, 7) is 1.99. The Hall–Kier alpha value is -1.09. The molecule has 12 heavy (non-hydrogen) atoms. The standard InChI is InChI=1S/C9H11FN2/c10-7-1-3-8(4-2-7)12-9-5-11-6-9/h1-4,9,11-12H,5-6H2. The predicted molar refractivity (Wildman–Crippen MR) is 46.7 cm³/mol. The fraction of sp³-hybridized carbons (Fsp3) is 0.333. The van der Waals surface area contributed by atoms with E-state index in [1.807, 2.05) is 0 Å². The average molecular weight is 166 g/mol. The van der Waals surface area contributed by atoms with Gasteiger partial charge in [-0.25, -0.2) is 4.39 Å². The van der Waals surface area contributed by atoms with Crippen molar-refractivity contribution in [3.8, 4) is 0 Å². The lowest BCUT2D eigenvalue weighted by atomic mass is 10.1. The molecule has 0 saturated carbocycles. The molecular formula is C9H11FN2. The van der Waals surface area contributed by atoms with Gasteiger partial charge < -0.3 is 10.6 Å². The molecule has 0 bridgehead atoms. The molecule has 2 rings (SSSR count). The molecule has 1 aliphatic rings. The molecule has 0 aromatic heterocycles. The Morgan fingerprint density at radius 3 is 2.42 bits per heavy atom. The molecule has 1 heterocycles. The summed E-state index contributed by atoms with van der Waals surface area (Å²) in [5, 5.41) is 6.43. The lowest BCUT2D eigenvalue weighted by Gasteiger charge is -2.28. The lowest BCUT2D eigenvalue weighted by molar-refractivity contribution is 0.472. The molecule has 1 aliphatic heterocycles. The molecule has 0 aliphatic carbocycles. The highest BCUT2D eigenvalue weighted by molar-refractivity contribution is 5.44. The molecule has 0 atom stereocenters. The molecule has 1 aromatic carbocycles. The summed E-state index contributed by atoms with van der Waals surface area (Å²) in [6, 6.07) is 6.96. The molecule has 2 nitrogen and oxygen atoms in total. The predicted octanol–water partition coefficient (Wildman–Crippen LogP) is 1.21. The molecule has 1 fully saturated rings. The van der Waals surface area contributed by atoms with E-state index in [4.69, 9.17) is 0 Å². The summed E-state index contributed by atoms with van der Waals surface area (Å²) >= 11 is 0. The number of nitrogens with one attached hydrogen (secondary N) is 2. The second-order valence-corrected chi connectivity index (χ2v) is 3.01. The van der Waals surface area contributed by atoms with E-state index in [0.29, 0.717) is 6.04 Å². The molecule has 1 aromatic rings. The summed E-state index contributed by atoms with van der Waals surface area (Å²) in [5.41, 5.74) is 0.989. The van der Waals surface area contributed by atoms with Gasteiger partial charge in [0, 0.05) is 18.8 Å². The maximum absolute atomic E-state index is 12.5. The van der Waals surface area contributed by atoms with Crippen molar-refractivity contribution < 1.29 is 4.39 Å². The van der Waals surface area contributed by atoms with Crippen molar-refractivity contribution in [2.24, 2.45) is 0 Å². The van der Waals surface area contributed by atoms with Crippen LogP contribution in [0.3, 0.4) is 0 Å². The molecule has 0 spiro atoms. The summed E-state index contributed by atoms with van der Waals surface area (Å²) in [4.78, 5) is 0. The highest BCUT2D eigenvalue weighted by Gasteiger charge is 2.15. The maximum Gasteiger partial charge on any atom is 0.123 e. The first-order valence-corrected chi connectivity index (χ1v) is 4.07. The van der Waals surface area contributed by atoms with Crippen molar-refractivity contribution >= 4 is 5.69 Å². The first-order chi connectivity index (χ1) is 5.84. The molecule has 64 valence electrons. The quantitative estimate of drug-likeness (QED) is 0.690. The molecule has 0 unspecified atom stereocenters. The zero-order valence-corrected chi connectivity index (χ0v) is 6.68. The van der Waals surface area contributed by atoms with Crippen LogP contribution in [-0.2, 0) is 0 Å². The number of hydrogen-bond donors (Lipinski definition) is 2. The summed E-state index contributed by atoms with van der Waals surface area (Å²) in [6.07, 6.45) is 0. The Labute approximate surface area is 70.8 Å². The highest BCUT2D eigenvalue weighted by atomic mass is 19.1. The summed E-state index contributed by atoms with van der Waals surface area (Å²) < 4.78 is 12.5. The topological polar surface area (TPSA) is 24.1 Å². The van der Waals surface area contributed by atoms with E-state index in [1.165, 1.54) is 12.1 Å². The second-order valence-electron chi connectivity index (χ2n) is 3.01. The number of hydrogen-bond acceptors (Lipinski definition) is 2. The maximum atomic E-state index is 12.5. The van der Waals surface area contributed by atoms with Crippen molar-refractivity contribution in [1.29, 1.82) is 0 Å². The van der Waals surface area contributed by atoms with Crippen LogP contribution in [0.5, 0.6) is 0 Å². The van der Waals surface area contributed by atoms with Gasteiger partial charge >= 0.3 is 0 Å². The zero-order chi connectivity index (χ0) is 8.39. The molecule has 0 amide bonds. The van der Waals surface area contributed by atoms with E-state index in [2.05, 4.69) is 10.6 Å². The van der Waals surface area contributed by atoms with E-state index >= 15 is 0 Å². The van der Waals surface area contributed by atoms with E-state index < -0.39 is 0 Å². The first kappa shape index (κ1) is 7.55. The van der Waals surface area contributed by atoms with Crippen LogP contribution in [0, 0.1) is 5.82 Å². The number of rotatable bonds is 2. The minimum Gasteiger partial charge on any atom is -0.380 e. The molecule has 0 radical (unpaired) electrons. The van der Waals surface area contributed by atoms with Crippen LogP contribution in [0.4, 0.5) is 10.1 Å². The minimum atomic E-state index is -0.188. The van der Waals surface area contributed by atoms with Crippen molar-refractivity contribution in [3.63, 3.8) is 0 Å². The first-order valence-electron chi connectivity index (χ1n) is 4.07. The van der Waals surface area contributed by atoms with Crippen LogP contribution < -0.4 is 10.6 Å². The van der Waals surface area contributed by atoms with Crippen LogP contribution >= 0.6 is 0 Å². The van der Waals surface area contributed by atoms with Crippen LogP contribution in [-0.4, -0.2) is 19.1 Å². The van der Waals surface area contributed by atoms with Crippen LogP contribution in [0.15, 0.2) is 24.3 Å². The van der Waals surface area contributed by atoms with Gasteiger partial charge in [-0.05, 0) is 24.3 Å². The van der Waals surface area contributed by atoms with E-state index in [0.717, 1.165) is 18.8 Å². The molecule has 1 saturated heterocycles. The monoisotopic (exact) mass is 166 g/mol. The largest absolute Gasteiger partial charge is 0.380 e. The van der Waals surface area contributed by atoms with Crippen molar-refractivity contribution in [2.45, 2.75) is 6.04 Å². The van der Waals surface area contributed by atoms with Crippen LogP contribution in [0.2, 0.25) is 0 Å². The van der Waals surface area contributed by atoms with Crippen molar-refractivity contribution in [2.75, 3.05) is 18.4 Å². The average Bonchev–Trinajstić information content (AvgIpc) is 2.00. The molecule has 2 N–H and O–H groups in total. The van der Waals surface area contributed by atoms with Crippen LogP contribution in [0.25, 0.3) is 0 Å². The van der Waals surface area contributed by atoms with Crippen molar-refractivity contribution in [1.82, 2.24) is 5.32 Å². The van der Waals surface area contributed by atoms with E-state index in [9.17, 15) is 4.39 Å². The van der Waals surface area contributed by atoms with Gasteiger partial charge in [0.25, 0.3) is 0 Å². The second kappa shape index (κ2) is 3.11. The molecular weight excluding hydrogens is 155 g/mol. The highest BCUT2D eigenvalue weighted by Crippen LogP contribution is 2.10. The SMILES string of the molecule is Fc1ccc(NC2CNC2)cc1. The third kappa shape index (κ3) is 1.56. The van der Waals surface area contributed by atoms with Gasteiger partial charge in [0.05, 0.1) is 6.04 Å². The van der Waals surface area contributed by atoms with E-state index in [1.54, 1.807) is 12.1 Å². The van der Waals surface area contributed by atoms with Gasteiger partial charge in [-0.1, -0.05) is 0 Å². The summed E-state index contributed by atoms with van der Waals surface area (Å²) in [7, 11) is 0. The summed E-state index contributed by atoms with van der Waals surface area (Å²) in [5.74, 6) is -0.188. The van der Waals surface area contributed by atoms with E-state index in [-0.39, 0.29) is 5.82 Å². The minimum absolute atomic E-state index is 0.188. The Bertz CT molecular complexity index is 254. The number of benzene rings is 1. The third-order valence-electron chi connectivity index (χ3n) is 2.00. The number of anilines is 1. The molecule has 3 heteroatoms. The smallest absolute Gasteiger partial charge is 0.123 e. The van der Waals surface area contributed by atoms with Gasteiger partial charge in [-0.3, -0.25) is 0 Å². The van der Waals surface area contributed by atoms with Gasteiger partial charge in [0.1, 0.15) is 5.82 Å². The van der Waals surface area contributed by atoms with Gasteiger partial charge in [0.2, 0.25) is 0 Å². The Balaban J connectivity index is 1.98. The zero-order valence-electron chi connectivity index (χ0n) is 6.68. The third-order valence-corrected chi connectivity index (χ3v) is 2.00. The van der Waals surface area contributed by atoms with Gasteiger partial charge in [-0.15, -0.1) is 0 Å².